The van der Waals surface area contributed by atoms with Gasteiger partial charge in [0.25, 0.3) is 0 Å². The molecule has 0 spiro atoms. The maximum absolute atomic E-state index is 14.1. The fourth-order valence-electron chi connectivity index (χ4n) is 5.15. The van der Waals surface area contributed by atoms with Crippen molar-refractivity contribution in [3.8, 4) is 5.75 Å². The Kier molecular flexibility index (Phi) is 8.08. The number of aromatic nitrogens is 1. The Morgan fingerprint density at radius 2 is 2.06 bits per heavy atom. The van der Waals surface area contributed by atoms with Crippen molar-refractivity contribution in [1.82, 2.24) is 19.7 Å². The van der Waals surface area contributed by atoms with Crippen LogP contribution in [0, 0.1) is 0 Å². The van der Waals surface area contributed by atoms with Gasteiger partial charge >= 0.3 is 0 Å². The van der Waals surface area contributed by atoms with E-state index in [0.717, 1.165) is 54.2 Å². The van der Waals surface area contributed by atoms with Crippen LogP contribution in [-0.2, 0) is 13.0 Å². The van der Waals surface area contributed by atoms with Crippen LogP contribution < -0.4 is 0 Å². The van der Waals surface area contributed by atoms with Gasteiger partial charge < -0.3 is 15.0 Å². The molecule has 2 aliphatic rings. The molecule has 1 fully saturated rings. The van der Waals surface area contributed by atoms with Crippen molar-refractivity contribution in [1.29, 1.82) is 0 Å². The number of rotatable bonds is 6. The number of benzene rings is 2. The van der Waals surface area contributed by atoms with Gasteiger partial charge in [-0.3, -0.25) is 9.80 Å². The van der Waals surface area contributed by atoms with E-state index in [1.807, 2.05) is 48.7 Å². The first-order valence-electron chi connectivity index (χ1n) is 12.4. The summed E-state index contributed by atoms with van der Waals surface area (Å²) in [7, 11) is 2.11. The lowest BCUT2D eigenvalue weighted by molar-refractivity contribution is 0.179. The van der Waals surface area contributed by atoms with E-state index in [4.69, 9.17) is 11.6 Å². The van der Waals surface area contributed by atoms with Crippen LogP contribution >= 0.6 is 11.6 Å². The van der Waals surface area contributed by atoms with Crippen molar-refractivity contribution in [2.24, 2.45) is 0 Å². The van der Waals surface area contributed by atoms with Crippen LogP contribution in [0.15, 0.2) is 73.6 Å². The van der Waals surface area contributed by atoms with E-state index < -0.39 is 5.67 Å². The fourth-order valence-corrected chi connectivity index (χ4v) is 5.30. The van der Waals surface area contributed by atoms with Gasteiger partial charge in [0.1, 0.15) is 11.4 Å². The average molecular weight is 511 g/mol. The summed E-state index contributed by atoms with van der Waals surface area (Å²) < 4.78 is 14.1. The van der Waals surface area contributed by atoms with Gasteiger partial charge in [0.15, 0.2) is 0 Å². The Morgan fingerprint density at radius 3 is 2.67 bits per heavy atom. The fraction of sp³-hybridized carbons (Fsp3) is 0.379. The van der Waals surface area contributed by atoms with Crippen LogP contribution in [0.5, 0.6) is 5.75 Å². The lowest BCUT2D eigenvalue weighted by atomic mass is 9.95. The summed E-state index contributed by atoms with van der Waals surface area (Å²) in [4.78, 5) is 10.1. The third-order valence-electron chi connectivity index (χ3n) is 7.18. The van der Waals surface area contributed by atoms with Crippen LogP contribution in [-0.4, -0.2) is 69.7 Å². The van der Waals surface area contributed by atoms with Gasteiger partial charge in [-0.05, 0) is 68.9 Å². The summed E-state index contributed by atoms with van der Waals surface area (Å²) in [6, 6.07) is 15.1. The number of hydrogen-bond acceptors (Lipinski definition) is 4. The summed E-state index contributed by atoms with van der Waals surface area (Å²) >= 11 is 5.54. The molecule has 7 heteroatoms. The third-order valence-corrected chi connectivity index (χ3v) is 7.43. The van der Waals surface area contributed by atoms with Crippen LogP contribution in [0.3, 0.4) is 0 Å². The maximum atomic E-state index is 14.1. The van der Waals surface area contributed by atoms with Crippen molar-refractivity contribution in [2.45, 2.75) is 38.0 Å². The molecule has 2 N–H and O–H groups in total. The molecular weight excluding hydrogens is 475 g/mol. The predicted octanol–water partition coefficient (Wildman–Crippen LogP) is 5.96. The largest absolute Gasteiger partial charge is 0.508 e. The number of hydrogen-bond donors (Lipinski definition) is 2. The Hall–Kier alpha value is -2.80. The van der Waals surface area contributed by atoms with Crippen LogP contribution in [0.25, 0.3) is 10.9 Å². The van der Waals surface area contributed by atoms with Crippen LogP contribution in [0.4, 0.5) is 4.39 Å². The first-order valence-corrected chi connectivity index (χ1v) is 12.8. The van der Waals surface area contributed by atoms with Crippen molar-refractivity contribution < 1.29 is 9.50 Å². The summed E-state index contributed by atoms with van der Waals surface area (Å²) in [5, 5.41) is 11.8. The highest BCUT2D eigenvalue weighted by atomic mass is 35.5. The quantitative estimate of drug-likeness (QED) is 0.429. The number of phenolic OH excluding ortho intramolecular Hbond substituents is 1. The average Bonchev–Trinajstić information content (AvgIpc) is 3.37. The normalized spacial score (nSPS) is 22.1. The number of H-pyrrole nitrogens is 1. The molecule has 1 aromatic heterocycles. The maximum Gasteiger partial charge on any atom is 0.122 e. The zero-order valence-corrected chi connectivity index (χ0v) is 21.9. The zero-order valence-electron chi connectivity index (χ0n) is 21.2. The highest BCUT2D eigenvalue weighted by molar-refractivity contribution is 6.30. The van der Waals surface area contributed by atoms with E-state index in [2.05, 4.69) is 39.9 Å². The molecule has 5 rings (SSSR count). The number of phenols is 1. The second-order valence-electron chi connectivity index (χ2n) is 10.0. The first kappa shape index (κ1) is 26.3. The number of nitrogens with one attached hydrogen (secondary N) is 1. The minimum Gasteiger partial charge on any atom is -0.508 e. The standard InChI is InChI=1S/C23H31FN4O.C6H5Cl/c1-5-28(11-10-27-9-8-23(3,24)15-27)16(2)22-13-19-18-12-17(29)6-7-20(18)25-21(19)14-26(22)4;7-6-4-2-1-3-5-6/h5-7,12,22,25,29H,1-2,8-11,13-15H2,3-4H3;1-5H/t22-,23?;/m0./s1. The number of nitrogens with zero attached hydrogens (tertiary/aromatic N) is 3. The van der Waals surface area contributed by atoms with Gasteiger partial charge in [-0.25, -0.2) is 4.39 Å². The molecule has 0 aliphatic carbocycles. The predicted molar refractivity (Wildman–Crippen MR) is 147 cm³/mol. The minimum absolute atomic E-state index is 0.145. The number of aromatic hydroxyl groups is 1. The van der Waals surface area contributed by atoms with Gasteiger partial charge in [-0.15, -0.1) is 0 Å². The van der Waals surface area contributed by atoms with Crippen molar-refractivity contribution in [2.75, 3.05) is 33.2 Å². The SMILES string of the molecule is C=CN(CCN1CCC(C)(F)C1)C(=C)[C@@H]1Cc2c([nH]c3ccc(O)cc23)CN1C.Clc1ccccc1. The van der Waals surface area contributed by atoms with Gasteiger partial charge in [0.2, 0.25) is 0 Å². The van der Waals surface area contributed by atoms with E-state index in [1.54, 1.807) is 13.0 Å². The molecule has 2 aliphatic heterocycles. The lowest BCUT2D eigenvalue weighted by Gasteiger charge is -2.38. The molecule has 1 saturated heterocycles. The number of fused-ring (bicyclic) bond motifs is 3. The Bertz CT molecular complexity index is 1210. The second-order valence-corrected chi connectivity index (χ2v) is 10.5. The first-order chi connectivity index (χ1) is 17.2. The summed E-state index contributed by atoms with van der Waals surface area (Å²) in [6.45, 7) is 13.7. The summed E-state index contributed by atoms with van der Waals surface area (Å²) in [5.74, 6) is 0.284. The minimum atomic E-state index is -1.07. The number of halogens is 2. The second kappa shape index (κ2) is 11.1. The monoisotopic (exact) mass is 510 g/mol. The van der Waals surface area contributed by atoms with E-state index in [9.17, 15) is 9.50 Å². The molecule has 1 unspecified atom stereocenters. The zero-order chi connectivity index (χ0) is 25.9. The Morgan fingerprint density at radius 1 is 1.31 bits per heavy atom. The topological polar surface area (TPSA) is 45.7 Å². The molecule has 3 aromatic rings. The lowest BCUT2D eigenvalue weighted by Crippen LogP contribution is -2.43. The van der Waals surface area contributed by atoms with E-state index in [0.29, 0.717) is 13.0 Å². The van der Waals surface area contributed by atoms with Gasteiger partial charge in [-0.1, -0.05) is 43.0 Å². The number of alkyl halides is 1. The molecule has 192 valence electrons. The van der Waals surface area contributed by atoms with Gasteiger partial charge in [0.05, 0.1) is 6.04 Å². The molecule has 0 amide bonds. The molecular formula is C29H36ClFN4O. The summed E-state index contributed by atoms with van der Waals surface area (Å²) in [5.41, 5.74) is 3.43. The Balaban J connectivity index is 0.000000375. The molecule has 3 heterocycles. The van der Waals surface area contributed by atoms with Crippen LogP contribution in [0.1, 0.15) is 24.6 Å². The third kappa shape index (κ3) is 6.12. The van der Waals surface area contributed by atoms with E-state index >= 15 is 0 Å². The molecule has 5 nitrogen and oxygen atoms in total. The van der Waals surface area contributed by atoms with Crippen LogP contribution in [0.2, 0.25) is 5.02 Å². The number of likely N-dealkylation sites (N-methyl/N-ethyl adjacent to an activating group) is 1. The van der Waals surface area contributed by atoms with E-state index in [-0.39, 0.29) is 11.8 Å². The Labute approximate surface area is 218 Å². The molecule has 0 radical (unpaired) electrons. The number of likely N-dealkylation sites (tertiary alicyclic amines) is 1. The van der Waals surface area contributed by atoms with Crippen molar-refractivity contribution in [3.63, 3.8) is 0 Å². The summed E-state index contributed by atoms with van der Waals surface area (Å²) in [6.07, 6.45) is 3.26. The van der Waals surface area contributed by atoms with Crippen molar-refractivity contribution >= 4 is 22.5 Å². The molecule has 36 heavy (non-hydrogen) atoms. The smallest absolute Gasteiger partial charge is 0.122 e. The van der Waals surface area contributed by atoms with E-state index in [1.165, 1.54) is 11.3 Å². The molecule has 0 saturated carbocycles. The highest BCUT2D eigenvalue weighted by Crippen LogP contribution is 2.34. The van der Waals surface area contributed by atoms with Gasteiger partial charge in [0, 0.05) is 60.0 Å². The highest BCUT2D eigenvalue weighted by Gasteiger charge is 2.34. The molecule has 0 bridgehead atoms. The van der Waals surface area contributed by atoms with Crippen molar-refractivity contribution in [3.05, 3.63) is 89.9 Å². The molecule has 2 atom stereocenters. The van der Waals surface area contributed by atoms with Gasteiger partial charge in [-0.2, -0.15) is 0 Å². The number of aromatic amines is 1. The molecule has 2 aromatic carbocycles.